The molecule has 1 N–H and O–H groups in total. The van der Waals surface area contributed by atoms with Gasteiger partial charge < -0.3 is 23.4 Å². The fraction of sp³-hybridized carbons (Fsp3) is 0.389. The van der Waals surface area contributed by atoms with Crippen LogP contribution in [-0.4, -0.2) is 75.2 Å². The lowest BCUT2D eigenvalue weighted by atomic mass is 9.79. The number of benzene rings is 3. The Hall–Kier alpha value is -4.04. The molecule has 12 heteroatoms. The molecule has 48 heavy (non-hydrogen) atoms. The van der Waals surface area contributed by atoms with Gasteiger partial charge in [-0.3, -0.25) is 19.2 Å². The molecule has 4 heterocycles. The van der Waals surface area contributed by atoms with Crippen molar-refractivity contribution < 1.29 is 28.2 Å². The maximum Gasteiger partial charge on any atom is 0.330 e. The van der Waals surface area contributed by atoms with Crippen LogP contribution in [0.4, 0.5) is 0 Å². The minimum absolute atomic E-state index is 0.0197. The summed E-state index contributed by atoms with van der Waals surface area (Å²) in [7, 11) is 2.81. The van der Waals surface area contributed by atoms with Gasteiger partial charge in [-0.2, -0.15) is 5.06 Å². The third-order valence-electron chi connectivity index (χ3n) is 10.4. The summed E-state index contributed by atoms with van der Waals surface area (Å²) in [5.74, 6) is 1.45. The highest BCUT2D eigenvalue weighted by molar-refractivity contribution is 6.74. The third-order valence-corrected chi connectivity index (χ3v) is 13.6. The zero-order valence-electron chi connectivity index (χ0n) is 28.0. The lowest BCUT2D eigenvalue weighted by Crippen LogP contribution is -2.57. The first-order valence-electron chi connectivity index (χ1n) is 16.1. The zero-order chi connectivity index (χ0) is 33.8. The van der Waals surface area contributed by atoms with Gasteiger partial charge in [-0.25, -0.2) is 4.79 Å². The second kappa shape index (κ2) is 12.1. The molecule has 3 aliphatic heterocycles. The van der Waals surface area contributed by atoms with Gasteiger partial charge in [-0.05, 0) is 61.0 Å². The summed E-state index contributed by atoms with van der Waals surface area (Å²) in [6, 6.07) is 25.8. The SMILES string of the molecule is COc1ccc(C(OC[C@H]2O[C@@H](n3cc(C)c(=O)[nH]c3=O)[C@@H]3O[Si](C)(C)[C@H]4CON(C)[C@@]234)(c2ccccc2)c2ccc(OC)cc2)cc1. The highest BCUT2D eigenvalue weighted by Crippen LogP contribution is 2.61. The Labute approximate surface area is 280 Å². The Morgan fingerprint density at radius 3 is 2.08 bits per heavy atom. The molecule has 3 aliphatic rings. The molecule has 3 saturated heterocycles. The van der Waals surface area contributed by atoms with Crippen molar-refractivity contribution in [1.29, 1.82) is 0 Å². The summed E-state index contributed by atoms with van der Waals surface area (Å²) >= 11 is 0. The maximum atomic E-state index is 13.3. The van der Waals surface area contributed by atoms with Gasteiger partial charge in [0.1, 0.15) is 34.8 Å². The van der Waals surface area contributed by atoms with Crippen LogP contribution in [0, 0.1) is 6.92 Å². The Balaban J connectivity index is 1.38. The van der Waals surface area contributed by atoms with Crippen LogP contribution in [0.15, 0.2) is 94.6 Å². The lowest BCUT2D eigenvalue weighted by Gasteiger charge is -2.41. The zero-order valence-corrected chi connectivity index (χ0v) is 29.0. The number of hydrogen-bond donors (Lipinski definition) is 1. The summed E-state index contributed by atoms with van der Waals surface area (Å²) in [6.07, 6.45) is -0.415. The van der Waals surface area contributed by atoms with E-state index in [2.05, 4.69) is 30.2 Å². The van der Waals surface area contributed by atoms with Gasteiger partial charge in [0.2, 0.25) is 0 Å². The number of hydrogen-bond acceptors (Lipinski definition) is 9. The maximum absolute atomic E-state index is 13.3. The van der Waals surface area contributed by atoms with E-state index in [1.165, 1.54) is 4.57 Å². The summed E-state index contributed by atoms with van der Waals surface area (Å²) in [6.45, 7) is 6.62. The van der Waals surface area contributed by atoms with Gasteiger partial charge in [0, 0.05) is 24.3 Å². The molecule has 0 bridgehead atoms. The lowest BCUT2D eigenvalue weighted by molar-refractivity contribution is -0.179. The molecule has 3 fully saturated rings. The molecule has 0 amide bonds. The van der Waals surface area contributed by atoms with Crippen LogP contribution in [0.2, 0.25) is 18.6 Å². The predicted octanol–water partition coefficient (Wildman–Crippen LogP) is 4.36. The minimum atomic E-state index is -2.38. The molecule has 0 aliphatic carbocycles. The Kier molecular flexibility index (Phi) is 8.21. The first-order chi connectivity index (χ1) is 23.1. The van der Waals surface area contributed by atoms with Gasteiger partial charge in [0.15, 0.2) is 14.5 Å². The summed E-state index contributed by atoms with van der Waals surface area (Å²) in [5, 5.41) is 1.87. The molecule has 0 unspecified atom stereocenters. The van der Waals surface area contributed by atoms with E-state index in [-0.39, 0.29) is 12.1 Å². The Bertz CT molecular complexity index is 1850. The largest absolute Gasteiger partial charge is 0.497 e. The smallest absolute Gasteiger partial charge is 0.330 e. The number of hydroxylamine groups is 2. The third kappa shape index (κ3) is 4.89. The van der Waals surface area contributed by atoms with E-state index in [9.17, 15) is 9.59 Å². The second-order valence-electron chi connectivity index (χ2n) is 13.2. The highest BCUT2D eigenvalue weighted by atomic mass is 28.4. The van der Waals surface area contributed by atoms with Crippen molar-refractivity contribution >= 4 is 8.32 Å². The first kappa shape index (κ1) is 32.5. The molecule has 1 spiro atoms. The fourth-order valence-electron chi connectivity index (χ4n) is 7.97. The van der Waals surface area contributed by atoms with Crippen LogP contribution >= 0.6 is 0 Å². The van der Waals surface area contributed by atoms with Crippen molar-refractivity contribution in [2.24, 2.45) is 0 Å². The standard InChI is InChI=1S/C36H41N3O8Si/c1-23-20-39(34(41)37-32(23)40)33-31-35(30(22-45-38(35)2)48(5,6)47-31)29(46-33)21-44-36(24-10-8-7-9-11-24,25-12-16-27(42-3)17-13-25)26-14-18-28(43-4)19-15-26/h7-20,29-31,33H,21-22H2,1-6H3,(H,37,40,41)/t29-,30+,31+,33-,35-/m1/s1. The Morgan fingerprint density at radius 1 is 0.917 bits per heavy atom. The molecule has 4 aromatic rings. The molecule has 0 saturated carbocycles. The summed E-state index contributed by atoms with van der Waals surface area (Å²) in [5.41, 5.74) is 0.280. The fourth-order valence-corrected chi connectivity index (χ4v) is 11.2. The number of rotatable bonds is 9. The van der Waals surface area contributed by atoms with E-state index in [0.717, 1.165) is 28.2 Å². The minimum Gasteiger partial charge on any atom is -0.497 e. The van der Waals surface area contributed by atoms with E-state index in [1.807, 2.05) is 78.8 Å². The molecule has 11 nitrogen and oxygen atoms in total. The highest BCUT2D eigenvalue weighted by Gasteiger charge is 2.76. The van der Waals surface area contributed by atoms with Crippen molar-refractivity contribution in [1.82, 2.24) is 14.6 Å². The molecule has 3 aromatic carbocycles. The number of H-pyrrole nitrogens is 1. The van der Waals surface area contributed by atoms with Gasteiger partial charge in [0.25, 0.3) is 5.56 Å². The average Bonchev–Trinajstić information content (AvgIpc) is 3.69. The van der Waals surface area contributed by atoms with E-state index in [0.29, 0.717) is 12.2 Å². The van der Waals surface area contributed by atoms with Crippen LogP contribution in [-0.2, 0) is 24.3 Å². The van der Waals surface area contributed by atoms with E-state index in [1.54, 1.807) is 27.3 Å². The van der Waals surface area contributed by atoms with Crippen molar-refractivity contribution in [3.05, 3.63) is 128 Å². The van der Waals surface area contributed by atoms with Crippen LogP contribution in [0.25, 0.3) is 0 Å². The second-order valence-corrected chi connectivity index (χ2v) is 17.3. The van der Waals surface area contributed by atoms with Gasteiger partial charge in [-0.15, -0.1) is 0 Å². The molecule has 0 radical (unpaired) electrons. The van der Waals surface area contributed by atoms with Crippen LogP contribution in [0.5, 0.6) is 11.5 Å². The average molecular weight is 672 g/mol. The van der Waals surface area contributed by atoms with Crippen molar-refractivity contribution in [3.63, 3.8) is 0 Å². The number of aryl methyl sites for hydroxylation is 1. The van der Waals surface area contributed by atoms with E-state index < -0.39 is 49.1 Å². The number of ether oxygens (including phenoxy) is 4. The molecule has 252 valence electrons. The number of nitrogens with zero attached hydrogens (tertiary/aromatic N) is 2. The van der Waals surface area contributed by atoms with Crippen molar-refractivity contribution in [3.8, 4) is 11.5 Å². The van der Waals surface area contributed by atoms with E-state index in [4.69, 9.17) is 28.2 Å². The topological polar surface area (TPSA) is 113 Å². The summed E-state index contributed by atoms with van der Waals surface area (Å²) < 4.78 is 33.6. The van der Waals surface area contributed by atoms with Crippen molar-refractivity contribution in [2.45, 2.75) is 55.1 Å². The quantitative estimate of drug-likeness (QED) is 0.205. The van der Waals surface area contributed by atoms with Crippen LogP contribution in [0.3, 0.4) is 0 Å². The number of likely N-dealkylation sites (N-methyl/N-ethyl adjacent to an activating group) is 1. The number of aromatic nitrogens is 2. The molecule has 7 rings (SSSR count). The number of nitrogens with one attached hydrogen (secondary N) is 1. The summed E-state index contributed by atoms with van der Waals surface area (Å²) in [4.78, 5) is 34.3. The molecule has 1 aromatic heterocycles. The van der Waals surface area contributed by atoms with Crippen molar-refractivity contribution in [2.75, 3.05) is 34.5 Å². The van der Waals surface area contributed by atoms with Gasteiger partial charge >= 0.3 is 5.69 Å². The first-order valence-corrected chi connectivity index (χ1v) is 19.1. The predicted molar refractivity (Wildman–Crippen MR) is 181 cm³/mol. The molecular formula is C36H41N3O8Si. The monoisotopic (exact) mass is 671 g/mol. The molecule has 5 atom stereocenters. The molecular weight excluding hydrogens is 630 g/mol. The number of methoxy groups -OCH3 is 2. The van der Waals surface area contributed by atoms with Crippen LogP contribution < -0.4 is 20.7 Å². The normalized spacial score (nSPS) is 26.3. The van der Waals surface area contributed by atoms with E-state index >= 15 is 0 Å². The number of aromatic amines is 1. The Morgan fingerprint density at radius 2 is 1.50 bits per heavy atom. The van der Waals surface area contributed by atoms with Gasteiger partial charge in [-0.1, -0.05) is 54.6 Å². The van der Waals surface area contributed by atoms with Gasteiger partial charge in [0.05, 0.1) is 27.4 Å². The van der Waals surface area contributed by atoms with Crippen LogP contribution in [0.1, 0.15) is 28.5 Å².